The molecule has 0 spiro atoms. The van der Waals surface area contributed by atoms with Crippen LogP contribution in [-0.2, 0) is 13.0 Å². The molecule has 140 valence electrons. The van der Waals surface area contributed by atoms with E-state index in [4.69, 9.17) is 4.98 Å². The molecule has 0 saturated carbocycles. The summed E-state index contributed by atoms with van der Waals surface area (Å²) >= 11 is 0. The summed E-state index contributed by atoms with van der Waals surface area (Å²) < 4.78 is 15.4. The number of hydrogen-bond donors (Lipinski definition) is 0. The molecule has 1 saturated heterocycles. The lowest BCUT2D eigenvalue weighted by Crippen LogP contribution is -2.34. The molecular weight excluding hydrogens is 339 g/mol. The van der Waals surface area contributed by atoms with Gasteiger partial charge in [-0.05, 0) is 61.7 Å². The average Bonchev–Trinajstić information content (AvgIpc) is 3.02. The maximum Gasteiger partial charge on any atom is 0.160 e. The van der Waals surface area contributed by atoms with Gasteiger partial charge in [-0.1, -0.05) is 18.2 Å². The van der Waals surface area contributed by atoms with Gasteiger partial charge >= 0.3 is 0 Å². The highest BCUT2D eigenvalue weighted by molar-refractivity contribution is 5.71. The van der Waals surface area contributed by atoms with E-state index in [0.717, 1.165) is 48.6 Å². The molecule has 3 aromatic rings. The third-order valence-electron chi connectivity index (χ3n) is 5.40. The van der Waals surface area contributed by atoms with Gasteiger partial charge in [-0.15, -0.1) is 6.58 Å². The second-order valence-corrected chi connectivity index (χ2v) is 7.32. The zero-order valence-electron chi connectivity index (χ0n) is 15.5. The number of rotatable bonds is 6. The van der Waals surface area contributed by atoms with Gasteiger partial charge in [-0.2, -0.15) is 0 Å². The van der Waals surface area contributed by atoms with Crippen molar-refractivity contribution in [2.75, 3.05) is 19.6 Å². The third-order valence-corrected chi connectivity index (χ3v) is 5.40. The minimum absolute atomic E-state index is 0.209. The zero-order valence-corrected chi connectivity index (χ0v) is 15.5. The van der Waals surface area contributed by atoms with E-state index in [1.807, 2.05) is 36.5 Å². The van der Waals surface area contributed by atoms with Crippen LogP contribution in [0.25, 0.3) is 11.2 Å². The van der Waals surface area contributed by atoms with Crippen LogP contribution < -0.4 is 0 Å². The van der Waals surface area contributed by atoms with Crippen molar-refractivity contribution in [2.24, 2.45) is 5.92 Å². The Morgan fingerprint density at radius 2 is 1.93 bits per heavy atom. The lowest BCUT2D eigenvalue weighted by atomic mass is 9.93. The van der Waals surface area contributed by atoms with Gasteiger partial charge in [0.05, 0.1) is 6.54 Å². The quantitative estimate of drug-likeness (QED) is 0.619. The number of benzene rings is 1. The molecular formula is C22H25FN4. The molecule has 1 aliphatic heterocycles. The van der Waals surface area contributed by atoms with Gasteiger partial charge < -0.3 is 4.57 Å². The number of hydrogen-bond acceptors (Lipinski definition) is 3. The molecule has 0 radical (unpaired) electrons. The summed E-state index contributed by atoms with van der Waals surface area (Å²) in [6.07, 6.45) is 7.11. The molecule has 3 heterocycles. The van der Waals surface area contributed by atoms with E-state index in [1.54, 1.807) is 0 Å². The molecule has 4 rings (SSSR count). The van der Waals surface area contributed by atoms with Gasteiger partial charge in [-0.25, -0.2) is 14.4 Å². The largest absolute Gasteiger partial charge is 0.308 e. The number of piperidine rings is 1. The van der Waals surface area contributed by atoms with Crippen molar-refractivity contribution in [1.29, 1.82) is 0 Å². The smallest absolute Gasteiger partial charge is 0.160 e. The Kier molecular flexibility index (Phi) is 5.30. The standard InChI is InChI=1S/C22H25FN4/c1-2-12-26-13-9-17(10-14-26)15-21-25-20-4-3-11-24-22(20)27(21)16-18-5-7-19(23)8-6-18/h2-8,11,17H,1,9-10,12-16H2. The third kappa shape index (κ3) is 4.08. The first-order valence-electron chi connectivity index (χ1n) is 9.61. The molecule has 0 aliphatic carbocycles. The summed E-state index contributed by atoms with van der Waals surface area (Å²) in [6, 6.07) is 10.6. The molecule has 0 N–H and O–H groups in total. The van der Waals surface area contributed by atoms with Crippen LogP contribution in [0.4, 0.5) is 4.39 Å². The molecule has 1 fully saturated rings. The van der Waals surface area contributed by atoms with Gasteiger partial charge in [0.15, 0.2) is 5.65 Å². The van der Waals surface area contributed by atoms with Crippen molar-refractivity contribution in [3.05, 3.63) is 72.5 Å². The lowest BCUT2D eigenvalue weighted by Gasteiger charge is -2.31. The van der Waals surface area contributed by atoms with Crippen LogP contribution in [-0.4, -0.2) is 39.1 Å². The Morgan fingerprint density at radius 1 is 1.15 bits per heavy atom. The van der Waals surface area contributed by atoms with E-state index < -0.39 is 0 Å². The van der Waals surface area contributed by atoms with Gasteiger partial charge in [0, 0.05) is 19.2 Å². The highest BCUT2D eigenvalue weighted by atomic mass is 19.1. The summed E-state index contributed by atoms with van der Waals surface area (Å²) in [5.74, 6) is 1.50. The van der Waals surface area contributed by atoms with Crippen LogP contribution in [0.2, 0.25) is 0 Å². The molecule has 4 nitrogen and oxygen atoms in total. The van der Waals surface area contributed by atoms with Crippen LogP contribution in [0, 0.1) is 11.7 Å². The minimum atomic E-state index is -0.209. The second kappa shape index (κ2) is 8.01. The van der Waals surface area contributed by atoms with Crippen molar-refractivity contribution >= 4 is 11.2 Å². The summed E-state index contributed by atoms with van der Waals surface area (Å²) in [5, 5.41) is 0. The van der Waals surface area contributed by atoms with Crippen LogP contribution in [0.3, 0.4) is 0 Å². The molecule has 1 aromatic carbocycles. The Bertz CT molecular complexity index is 908. The van der Waals surface area contributed by atoms with Crippen LogP contribution in [0.1, 0.15) is 24.2 Å². The Morgan fingerprint density at radius 3 is 2.67 bits per heavy atom. The predicted octanol–water partition coefficient (Wildman–Crippen LogP) is 4.06. The number of halogens is 1. The molecule has 2 aromatic heterocycles. The van der Waals surface area contributed by atoms with Gasteiger partial charge in [0.1, 0.15) is 17.2 Å². The molecule has 0 unspecified atom stereocenters. The zero-order chi connectivity index (χ0) is 18.6. The highest BCUT2D eigenvalue weighted by Crippen LogP contribution is 2.24. The number of imidazole rings is 1. The van der Waals surface area contributed by atoms with Crippen molar-refractivity contribution in [3.63, 3.8) is 0 Å². The first kappa shape index (κ1) is 17.9. The normalized spacial score (nSPS) is 16.0. The molecule has 5 heteroatoms. The fourth-order valence-electron chi connectivity index (χ4n) is 3.91. The van der Waals surface area contributed by atoms with Crippen molar-refractivity contribution in [1.82, 2.24) is 19.4 Å². The summed E-state index contributed by atoms with van der Waals surface area (Å²) in [6.45, 7) is 7.71. The monoisotopic (exact) mass is 364 g/mol. The topological polar surface area (TPSA) is 34.0 Å². The van der Waals surface area contributed by atoms with Gasteiger partial charge in [-0.3, -0.25) is 4.90 Å². The highest BCUT2D eigenvalue weighted by Gasteiger charge is 2.22. The van der Waals surface area contributed by atoms with Crippen LogP contribution in [0.15, 0.2) is 55.3 Å². The van der Waals surface area contributed by atoms with Gasteiger partial charge in [0.25, 0.3) is 0 Å². The Hall–Kier alpha value is -2.53. The van der Waals surface area contributed by atoms with Gasteiger partial charge in [0.2, 0.25) is 0 Å². The van der Waals surface area contributed by atoms with E-state index in [9.17, 15) is 4.39 Å². The Balaban J connectivity index is 1.56. The molecule has 1 aliphatic rings. The van der Waals surface area contributed by atoms with E-state index in [2.05, 4.69) is 21.0 Å². The van der Waals surface area contributed by atoms with Crippen molar-refractivity contribution in [2.45, 2.75) is 25.8 Å². The fourth-order valence-corrected chi connectivity index (χ4v) is 3.91. The maximum absolute atomic E-state index is 13.3. The van der Waals surface area contributed by atoms with E-state index in [-0.39, 0.29) is 5.82 Å². The maximum atomic E-state index is 13.3. The van der Waals surface area contributed by atoms with Crippen LogP contribution >= 0.6 is 0 Å². The average molecular weight is 364 g/mol. The molecule has 27 heavy (non-hydrogen) atoms. The SMILES string of the molecule is C=CCN1CCC(Cc2nc3cccnc3n2Cc2ccc(F)cc2)CC1. The van der Waals surface area contributed by atoms with Crippen molar-refractivity contribution < 1.29 is 4.39 Å². The molecule has 0 amide bonds. The van der Waals surface area contributed by atoms with Crippen LogP contribution in [0.5, 0.6) is 0 Å². The number of likely N-dealkylation sites (tertiary alicyclic amines) is 1. The predicted molar refractivity (Wildman–Crippen MR) is 106 cm³/mol. The summed E-state index contributed by atoms with van der Waals surface area (Å²) in [5.41, 5.74) is 2.89. The molecule has 0 bridgehead atoms. The Labute approximate surface area is 159 Å². The number of pyridine rings is 1. The fraction of sp³-hybridized carbons (Fsp3) is 0.364. The molecule has 0 atom stereocenters. The van der Waals surface area contributed by atoms with E-state index in [0.29, 0.717) is 12.5 Å². The summed E-state index contributed by atoms with van der Waals surface area (Å²) in [7, 11) is 0. The van der Waals surface area contributed by atoms with E-state index >= 15 is 0 Å². The lowest BCUT2D eigenvalue weighted by molar-refractivity contribution is 0.198. The first-order valence-corrected chi connectivity index (χ1v) is 9.61. The van der Waals surface area contributed by atoms with Crippen molar-refractivity contribution in [3.8, 4) is 0 Å². The second-order valence-electron chi connectivity index (χ2n) is 7.32. The number of fused-ring (bicyclic) bond motifs is 1. The minimum Gasteiger partial charge on any atom is -0.308 e. The van der Waals surface area contributed by atoms with E-state index in [1.165, 1.54) is 25.0 Å². The summed E-state index contributed by atoms with van der Waals surface area (Å²) in [4.78, 5) is 11.9. The number of aromatic nitrogens is 3. The first-order chi connectivity index (χ1) is 13.2. The number of nitrogens with zero attached hydrogens (tertiary/aromatic N) is 4.